The van der Waals surface area contributed by atoms with Crippen LogP contribution in [0.25, 0.3) is 10.8 Å². The van der Waals surface area contributed by atoms with Crippen molar-refractivity contribution >= 4 is 10.8 Å². The van der Waals surface area contributed by atoms with Crippen LogP contribution < -0.4 is 5.73 Å². The van der Waals surface area contributed by atoms with Gasteiger partial charge in [0.2, 0.25) is 0 Å². The van der Waals surface area contributed by atoms with E-state index >= 15 is 0 Å². The van der Waals surface area contributed by atoms with E-state index in [0.717, 1.165) is 16.3 Å². The summed E-state index contributed by atoms with van der Waals surface area (Å²) in [6.07, 6.45) is 3.88. The number of benzene rings is 1. The van der Waals surface area contributed by atoms with Gasteiger partial charge in [0.15, 0.2) is 0 Å². The Morgan fingerprint density at radius 1 is 1.40 bits per heavy atom. The van der Waals surface area contributed by atoms with Crippen LogP contribution in [0, 0.1) is 11.3 Å². The first-order valence-corrected chi connectivity index (χ1v) is 4.78. The summed E-state index contributed by atoms with van der Waals surface area (Å²) in [7, 11) is 0. The maximum atomic E-state index is 8.63. The molecule has 2 rings (SSSR count). The Bertz CT molecular complexity index is 508. The number of nitrogens with two attached hydrogens (primary N) is 1. The highest BCUT2D eigenvalue weighted by Crippen LogP contribution is 2.23. The minimum Gasteiger partial charge on any atom is -0.323 e. The van der Waals surface area contributed by atoms with Crippen molar-refractivity contribution in [1.82, 2.24) is 4.98 Å². The molecule has 0 saturated heterocycles. The minimum absolute atomic E-state index is 0.221. The number of nitrogens with zero attached hydrogens (tertiary/aromatic N) is 2. The SMILES string of the molecule is N#CC[C@@H](N)c1cccc2cnccc12. The van der Waals surface area contributed by atoms with E-state index in [1.165, 1.54) is 0 Å². The summed E-state index contributed by atoms with van der Waals surface area (Å²) in [5.74, 6) is 0. The fraction of sp³-hybridized carbons (Fsp3) is 0.167. The molecule has 0 aliphatic heterocycles. The van der Waals surface area contributed by atoms with Gasteiger partial charge >= 0.3 is 0 Å². The third-order valence-electron chi connectivity index (χ3n) is 2.43. The predicted octanol–water partition coefficient (Wildman–Crippen LogP) is 2.15. The van der Waals surface area contributed by atoms with E-state index in [0.29, 0.717) is 6.42 Å². The highest BCUT2D eigenvalue weighted by atomic mass is 14.6. The number of pyridine rings is 1. The fourth-order valence-electron chi connectivity index (χ4n) is 1.68. The molecule has 2 aromatic rings. The maximum absolute atomic E-state index is 8.63. The Morgan fingerprint density at radius 3 is 3.07 bits per heavy atom. The number of hydrogen-bond acceptors (Lipinski definition) is 3. The molecule has 0 unspecified atom stereocenters. The third kappa shape index (κ3) is 1.80. The molecule has 3 nitrogen and oxygen atoms in total. The molecule has 0 fully saturated rings. The Labute approximate surface area is 88.2 Å². The molecule has 1 heterocycles. The van der Waals surface area contributed by atoms with Crippen LogP contribution in [-0.2, 0) is 0 Å². The molecule has 1 aromatic carbocycles. The number of aromatic nitrogens is 1. The van der Waals surface area contributed by atoms with Crippen LogP contribution in [0.5, 0.6) is 0 Å². The normalized spacial score (nSPS) is 12.3. The lowest BCUT2D eigenvalue weighted by molar-refractivity contribution is 0.755. The molecule has 0 radical (unpaired) electrons. The highest BCUT2D eigenvalue weighted by Gasteiger charge is 2.08. The van der Waals surface area contributed by atoms with Crippen molar-refractivity contribution in [2.75, 3.05) is 0 Å². The number of hydrogen-bond donors (Lipinski definition) is 1. The van der Waals surface area contributed by atoms with Gasteiger partial charge in [0.25, 0.3) is 0 Å². The van der Waals surface area contributed by atoms with Gasteiger partial charge in [-0.3, -0.25) is 4.98 Å². The molecule has 0 bridgehead atoms. The van der Waals surface area contributed by atoms with Crippen LogP contribution >= 0.6 is 0 Å². The van der Waals surface area contributed by atoms with E-state index in [9.17, 15) is 0 Å². The van der Waals surface area contributed by atoms with E-state index in [-0.39, 0.29) is 6.04 Å². The molecule has 0 aliphatic rings. The molecule has 1 atom stereocenters. The summed E-state index contributed by atoms with van der Waals surface area (Å²) >= 11 is 0. The molecule has 15 heavy (non-hydrogen) atoms. The van der Waals surface area contributed by atoms with Gasteiger partial charge in [-0.1, -0.05) is 18.2 Å². The molecule has 0 saturated carbocycles. The van der Waals surface area contributed by atoms with Crippen LogP contribution in [0.3, 0.4) is 0 Å². The van der Waals surface area contributed by atoms with Crippen LogP contribution in [0.15, 0.2) is 36.7 Å². The van der Waals surface area contributed by atoms with Crippen molar-refractivity contribution in [3.05, 3.63) is 42.2 Å². The molecule has 1 aromatic heterocycles. The third-order valence-corrected chi connectivity index (χ3v) is 2.43. The second kappa shape index (κ2) is 4.07. The van der Waals surface area contributed by atoms with Gasteiger partial charge in [-0.15, -0.1) is 0 Å². The van der Waals surface area contributed by atoms with Crippen LogP contribution in [-0.4, -0.2) is 4.98 Å². The van der Waals surface area contributed by atoms with Crippen molar-refractivity contribution < 1.29 is 0 Å². The molecule has 0 aliphatic carbocycles. The molecule has 0 spiro atoms. The molecular formula is C12H11N3. The van der Waals surface area contributed by atoms with Crippen molar-refractivity contribution in [1.29, 1.82) is 5.26 Å². The minimum atomic E-state index is -0.221. The number of fused-ring (bicyclic) bond motifs is 1. The number of rotatable bonds is 2. The number of nitriles is 1. The highest BCUT2D eigenvalue weighted by molar-refractivity contribution is 5.85. The van der Waals surface area contributed by atoms with Crippen molar-refractivity contribution in [2.45, 2.75) is 12.5 Å². The summed E-state index contributed by atoms with van der Waals surface area (Å²) in [5, 5.41) is 10.8. The summed E-state index contributed by atoms with van der Waals surface area (Å²) < 4.78 is 0. The quantitative estimate of drug-likeness (QED) is 0.802. The second-order valence-corrected chi connectivity index (χ2v) is 3.41. The first-order chi connectivity index (χ1) is 7.33. The summed E-state index contributed by atoms with van der Waals surface area (Å²) in [6, 6.07) is 9.70. The van der Waals surface area contributed by atoms with Crippen LogP contribution in [0.4, 0.5) is 0 Å². The Kier molecular flexibility index (Phi) is 2.61. The van der Waals surface area contributed by atoms with E-state index in [2.05, 4.69) is 11.1 Å². The Balaban J connectivity index is 2.56. The van der Waals surface area contributed by atoms with Gasteiger partial charge in [0, 0.05) is 23.8 Å². The smallest absolute Gasteiger partial charge is 0.0641 e. The van der Waals surface area contributed by atoms with Gasteiger partial charge in [0.05, 0.1) is 12.5 Å². The molecule has 74 valence electrons. The first-order valence-electron chi connectivity index (χ1n) is 4.78. The predicted molar refractivity (Wildman–Crippen MR) is 58.9 cm³/mol. The van der Waals surface area contributed by atoms with Crippen LogP contribution in [0.2, 0.25) is 0 Å². The monoisotopic (exact) mass is 197 g/mol. The summed E-state index contributed by atoms with van der Waals surface area (Å²) in [6.45, 7) is 0. The van der Waals surface area contributed by atoms with Crippen LogP contribution in [0.1, 0.15) is 18.0 Å². The van der Waals surface area contributed by atoms with Gasteiger partial charge in [0.1, 0.15) is 0 Å². The topological polar surface area (TPSA) is 62.7 Å². The lowest BCUT2D eigenvalue weighted by atomic mass is 9.99. The molecule has 2 N–H and O–H groups in total. The van der Waals surface area contributed by atoms with Crippen molar-refractivity contribution in [2.24, 2.45) is 5.73 Å². The standard InChI is InChI=1S/C12H11N3/c13-6-4-12(14)11-3-1-2-9-8-15-7-5-10(9)11/h1-3,5,7-8,12H,4,14H2/t12-/m1/s1. The summed E-state index contributed by atoms with van der Waals surface area (Å²) in [5.41, 5.74) is 6.94. The summed E-state index contributed by atoms with van der Waals surface area (Å²) in [4.78, 5) is 4.05. The Morgan fingerprint density at radius 2 is 2.27 bits per heavy atom. The zero-order chi connectivity index (χ0) is 10.7. The molecule has 3 heteroatoms. The maximum Gasteiger partial charge on any atom is 0.0641 e. The average molecular weight is 197 g/mol. The van der Waals surface area contributed by atoms with E-state index < -0.39 is 0 Å². The largest absolute Gasteiger partial charge is 0.323 e. The van der Waals surface area contributed by atoms with Gasteiger partial charge < -0.3 is 5.73 Å². The average Bonchev–Trinajstić information content (AvgIpc) is 2.28. The second-order valence-electron chi connectivity index (χ2n) is 3.41. The first kappa shape index (κ1) is 9.63. The lowest BCUT2D eigenvalue weighted by Crippen LogP contribution is -2.09. The van der Waals surface area contributed by atoms with Gasteiger partial charge in [-0.05, 0) is 17.0 Å². The van der Waals surface area contributed by atoms with E-state index in [1.54, 1.807) is 12.4 Å². The van der Waals surface area contributed by atoms with Crippen molar-refractivity contribution in [3.8, 4) is 6.07 Å². The fourth-order valence-corrected chi connectivity index (χ4v) is 1.68. The van der Waals surface area contributed by atoms with Crippen molar-refractivity contribution in [3.63, 3.8) is 0 Å². The zero-order valence-electron chi connectivity index (χ0n) is 8.22. The van der Waals surface area contributed by atoms with Gasteiger partial charge in [-0.2, -0.15) is 5.26 Å². The lowest BCUT2D eigenvalue weighted by Gasteiger charge is -2.10. The Hall–Kier alpha value is -1.92. The van der Waals surface area contributed by atoms with E-state index in [1.807, 2.05) is 24.3 Å². The molecular weight excluding hydrogens is 186 g/mol. The molecule has 0 amide bonds. The zero-order valence-corrected chi connectivity index (χ0v) is 8.22. The van der Waals surface area contributed by atoms with Gasteiger partial charge in [-0.25, -0.2) is 0 Å². The van der Waals surface area contributed by atoms with E-state index in [4.69, 9.17) is 11.0 Å².